The molecule has 1 saturated heterocycles. The van der Waals surface area contributed by atoms with Gasteiger partial charge >= 0.3 is 11.7 Å². The number of aromatic nitrogens is 2. The zero-order valence-corrected chi connectivity index (χ0v) is 22.3. The van der Waals surface area contributed by atoms with E-state index < -0.39 is 32.2 Å². The van der Waals surface area contributed by atoms with Crippen molar-refractivity contribution >= 4 is 27.3 Å². The number of benzene rings is 2. The number of ether oxygens (including phenoxy) is 1. The van der Waals surface area contributed by atoms with Gasteiger partial charge in [-0.05, 0) is 62.1 Å². The van der Waals surface area contributed by atoms with Crippen LogP contribution in [-0.4, -0.2) is 54.8 Å². The summed E-state index contributed by atoms with van der Waals surface area (Å²) in [5, 5.41) is 4.78. The van der Waals surface area contributed by atoms with Gasteiger partial charge in [-0.1, -0.05) is 23.7 Å². The van der Waals surface area contributed by atoms with Crippen LogP contribution < -0.4 is 15.2 Å². The van der Waals surface area contributed by atoms with Gasteiger partial charge in [0.1, 0.15) is 5.69 Å². The minimum atomic E-state index is -4.65. The zero-order valence-electron chi connectivity index (χ0n) is 20.8. The van der Waals surface area contributed by atoms with Gasteiger partial charge in [-0.2, -0.15) is 27.3 Å². The molecule has 0 atom stereocenters. The Morgan fingerprint density at radius 1 is 0.974 bits per heavy atom. The van der Waals surface area contributed by atoms with Gasteiger partial charge in [0.15, 0.2) is 0 Å². The highest BCUT2D eigenvalue weighted by molar-refractivity contribution is 7.89. The number of sulfonamides is 1. The van der Waals surface area contributed by atoms with E-state index in [2.05, 4.69) is 5.10 Å². The summed E-state index contributed by atoms with van der Waals surface area (Å²) < 4.78 is 74.3. The first-order chi connectivity index (χ1) is 18.5. The molecule has 3 aromatic rings. The van der Waals surface area contributed by atoms with Crippen LogP contribution in [0.1, 0.15) is 31.2 Å². The molecular formula is C26H26ClF3N4O4S. The third kappa shape index (κ3) is 5.78. The molecule has 2 heterocycles. The quantitative estimate of drug-likeness (QED) is 0.418. The Bertz CT molecular complexity index is 1520. The van der Waals surface area contributed by atoms with Gasteiger partial charge in [0.25, 0.3) is 0 Å². The molecule has 0 amide bonds. The van der Waals surface area contributed by atoms with Crippen molar-refractivity contribution in [2.24, 2.45) is 0 Å². The summed E-state index contributed by atoms with van der Waals surface area (Å²) in [4.78, 5) is 15.0. The number of nitrogens with zero attached hydrogens (tertiary/aromatic N) is 4. The molecule has 1 aliphatic heterocycles. The molecule has 1 aromatic heterocycles. The van der Waals surface area contributed by atoms with Crippen molar-refractivity contribution in [3.05, 3.63) is 75.7 Å². The molecule has 2 fully saturated rings. The fourth-order valence-electron chi connectivity index (χ4n) is 4.88. The van der Waals surface area contributed by atoms with Gasteiger partial charge < -0.3 is 9.64 Å². The van der Waals surface area contributed by atoms with Crippen LogP contribution in [-0.2, 0) is 16.2 Å². The first-order valence-corrected chi connectivity index (χ1v) is 14.3. The van der Waals surface area contributed by atoms with Crippen molar-refractivity contribution in [1.82, 2.24) is 14.1 Å². The van der Waals surface area contributed by atoms with Gasteiger partial charge in [-0.3, -0.25) is 4.79 Å². The molecule has 0 unspecified atom stereocenters. The predicted molar refractivity (Wildman–Crippen MR) is 140 cm³/mol. The summed E-state index contributed by atoms with van der Waals surface area (Å²) in [6.07, 6.45) is 0.387. The molecule has 0 radical (unpaired) electrons. The smallest absolute Gasteiger partial charge is 0.416 e. The summed E-state index contributed by atoms with van der Waals surface area (Å²) in [7, 11) is -4.15. The fourth-order valence-corrected chi connectivity index (χ4v) is 6.53. The van der Waals surface area contributed by atoms with Crippen molar-refractivity contribution in [3.63, 3.8) is 0 Å². The third-order valence-electron chi connectivity index (χ3n) is 6.93. The van der Waals surface area contributed by atoms with E-state index in [1.165, 1.54) is 10.9 Å². The Morgan fingerprint density at radius 3 is 2.33 bits per heavy atom. The Balaban J connectivity index is 1.41. The SMILES string of the molecule is O=c1c(OC2CCCC2)c(N2CCN(S(=O)(=O)c3cccc(C(F)(F)F)c3)CC2)cnn1-c1cccc(Cl)c1. The Labute approximate surface area is 228 Å². The van der Waals surface area contributed by atoms with Crippen molar-refractivity contribution in [1.29, 1.82) is 0 Å². The first-order valence-electron chi connectivity index (χ1n) is 12.5. The molecule has 1 aliphatic carbocycles. The summed E-state index contributed by atoms with van der Waals surface area (Å²) in [5.41, 5.74) is -0.559. The maximum absolute atomic E-state index is 13.6. The zero-order chi connectivity index (χ0) is 27.8. The molecule has 2 aromatic carbocycles. The lowest BCUT2D eigenvalue weighted by Crippen LogP contribution is -2.49. The summed E-state index contributed by atoms with van der Waals surface area (Å²) in [5.74, 6) is 0.131. The molecule has 0 N–H and O–H groups in total. The average Bonchev–Trinajstić information content (AvgIpc) is 3.43. The van der Waals surface area contributed by atoms with Crippen LogP contribution in [0.4, 0.5) is 18.9 Å². The van der Waals surface area contributed by atoms with Crippen molar-refractivity contribution in [2.45, 2.75) is 42.9 Å². The second kappa shape index (κ2) is 10.8. The number of hydrogen-bond donors (Lipinski definition) is 0. The van der Waals surface area contributed by atoms with E-state index >= 15 is 0 Å². The lowest BCUT2D eigenvalue weighted by molar-refractivity contribution is -0.137. The second-order valence-electron chi connectivity index (χ2n) is 9.50. The molecular weight excluding hydrogens is 557 g/mol. The van der Waals surface area contributed by atoms with Crippen LogP contribution in [0, 0.1) is 0 Å². The van der Waals surface area contributed by atoms with Crippen LogP contribution in [0.2, 0.25) is 5.02 Å². The van der Waals surface area contributed by atoms with Gasteiger partial charge in [-0.25, -0.2) is 8.42 Å². The average molecular weight is 583 g/mol. The molecule has 2 aliphatic rings. The standard InChI is InChI=1S/C26H26ClF3N4O4S/c27-19-6-4-7-20(16-19)34-25(35)24(38-21-8-1-2-9-21)23(17-31-34)32-11-13-33(14-12-32)39(36,37)22-10-3-5-18(15-22)26(28,29)30/h3-7,10,15-17,21H,1-2,8-9,11-14H2. The van der Waals surface area contributed by atoms with Gasteiger partial charge in [0, 0.05) is 31.2 Å². The van der Waals surface area contributed by atoms with E-state index in [-0.39, 0.29) is 38.0 Å². The minimum Gasteiger partial charge on any atom is -0.483 e. The van der Waals surface area contributed by atoms with Crippen LogP contribution in [0.3, 0.4) is 0 Å². The Hall–Kier alpha value is -3.09. The maximum atomic E-state index is 13.6. The monoisotopic (exact) mass is 582 g/mol. The molecule has 0 spiro atoms. The molecule has 39 heavy (non-hydrogen) atoms. The molecule has 1 saturated carbocycles. The van der Waals surface area contributed by atoms with Gasteiger partial charge in [0.05, 0.1) is 28.4 Å². The topological polar surface area (TPSA) is 84.7 Å². The number of hydrogen-bond acceptors (Lipinski definition) is 6. The van der Waals surface area contributed by atoms with E-state index in [0.717, 1.165) is 48.2 Å². The highest BCUT2D eigenvalue weighted by Crippen LogP contribution is 2.33. The molecule has 0 bridgehead atoms. The largest absolute Gasteiger partial charge is 0.483 e. The fraction of sp³-hybridized carbons (Fsp3) is 0.385. The normalized spacial score (nSPS) is 17.5. The molecule has 8 nitrogen and oxygen atoms in total. The van der Waals surface area contributed by atoms with Crippen LogP contribution >= 0.6 is 11.6 Å². The first kappa shape index (κ1) is 27.5. The predicted octanol–water partition coefficient (Wildman–Crippen LogP) is 4.74. The third-order valence-corrected chi connectivity index (χ3v) is 9.06. The van der Waals surface area contributed by atoms with Gasteiger partial charge in [0.2, 0.25) is 15.8 Å². The van der Waals surface area contributed by atoms with Crippen molar-refractivity contribution in [3.8, 4) is 11.4 Å². The van der Waals surface area contributed by atoms with Crippen molar-refractivity contribution in [2.75, 3.05) is 31.1 Å². The van der Waals surface area contributed by atoms with E-state index in [9.17, 15) is 26.4 Å². The molecule has 13 heteroatoms. The number of halogens is 4. The Morgan fingerprint density at radius 2 is 1.67 bits per heavy atom. The number of anilines is 1. The minimum absolute atomic E-state index is 0.0127. The number of alkyl halides is 3. The number of piperazine rings is 1. The number of rotatable bonds is 6. The van der Waals surface area contributed by atoms with E-state index in [1.807, 2.05) is 4.90 Å². The molecule has 5 rings (SSSR count). The summed E-state index contributed by atoms with van der Waals surface area (Å²) in [6, 6.07) is 10.4. The Kier molecular flexibility index (Phi) is 7.62. The molecule has 208 valence electrons. The van der Waals surface area contributed by atoms with E-state index in [4.69, 9.17) is 16.3 Å². The summed E-state index contributed by atoms with van der Waals surface area (Å²) in [6.45, 7) is 0.417. The lowest BCUT2D eigenvalue weighted by atomic mass is 10.2. The highest BCUT2D eigenvalue weighted by atomic mass is 35.5. The van der Waals surface area contributed by atoms with Crippen LogP contribution in [0.15, 0.2) is 64.4 Å². The van der Waals surface area contributed by atoms with E-state index in [1.54, 1.807) is 24.3 Å². The van der Waals surface area contributed by atoms with Crippen molar-refractivity contribution < 1.29 is 26.3 Å². The lowest BCUT2D eigenvalue weighted by Gasteiger charge is -2.36. The summed E-state index contributed by atoms with van der Waals surface area (Å²) >= 11 is 6.11. The highest BCUT2D eigenvalue weighted by Gasteiger charge is 2.35. The van der Waals surface area contributed by atoms with Gasteiger partial charge in [-0.15, -0.1) is 0 Å². The van der Waals surface area contributed by atoms with Crippen LogP contribution in [0.25, 0.3) is 5.69 Å². The van der Waals surface area contributed by atoms with E-state index in [0.29, 0.717) is 22.5 Å². The van der Waals surface area contributed by atoms with Crippen LogP contribution in [0.5, 0.6) is 5.75 Å². The maximum Gasteiger partial charge on any atom is 0.416 e. The second-order valence-corrected chi connectivity index (χ2v) is 11.9.